The van der Waals surface area contributed by atoms with E-state index in [4.69, 9.17) is 38.5 Å². The van der Waals surface area contributed by atoms with Crippen LogP contribution in [-0.4, -0.2) is 43.9 Å². The number of nitrogens with one attached hydrogen (secondary N) is 1. The van der Waals surface area contributed by atoms with E-state index in [2.05, 4.69) is 10.5 Å². The summed E-state index contributed by atoms with van der Waals surface area (Å²) < 4.78 is 85.6. The monoisotopic (exact) mass is 693 g/mol. The van der Waals surface area contributed by atoms with Gasteiger partial charge in [-0.2, -0.15) is 26.3 Å². The molecule has 0 aliphatic rings. The predicted molar refractivity (Wildman–Crippen MR) is 166 cm³/mol. The van der Waals surface area contributed by atoms with Crippen LogP contribution in [-0.2, 0) is 33.9 Å². The van der Waals surface area contributed by atoms with Crippen molar-refractivity contribution in [3.63, 3.8) is 0 Å². The number of alkyl halides is 6. The fourth-order valence-corrected chi connectivity index (χ4v) is 5.49. The summed E-state index contributed by atoms with van der Waals surface area (Å²) in [6, 6.07) is 15.6. The first-order valence-corrected chi connectivity index (χ1v) is 15.0. The second-order valence-corrected chi connectivity index (χ2v) is 11.5. The van der Waals surface area contributed by atoms with E-state index in [1.165, 1.54) is 7.11 Å². The van der Waals surface area contributed by atoms with Gasteiger partial charge in [-0.1, -0.05) is 71.7 Å². The first-order valence-electron chi connectivity index (χ1n) is 14.2. The highest BCUT2D eigenvalue weighted by molar-refractivity contribution is 6.42. The molecule has 3 atom stereocenters. The van der Waals surface area contributed by atoms with Crippen molar-refractivity contribution in [2.45, 2.75) is 56.3 Å². The molecule has 46 heavy (non-hydrogen) atoms. The fraction of sp³-hybridized carbons (Fsp3) is 0.406. The van der Waals surface area contributed by atoms with Crippen LogP contribution >= 0.6 is 23.2 Å². The number of benzene rings is 3. The molecular formula is C32H35Cl2F6N3O3. The smallest absolute Gasteiger partial charge is 0.399 e. The maximum absolute atomic E-state index is 13.3. The lowest BCUT2D eigenvalue weighted by Crippen LogP contribution is -2.51. The first-order chi connectivity index (χ1) is 21.6. The lowest BCUT2D eigenvalue weighted by atomic mass is 9.76. The number of oxime groups is 1. The highest BCUT2D eigenvalue weighted by Gasteiger charge is 2.37. The molecule has 0 radical (unpaired) electrons. The van der Waals surface area contributed by atoms with Crippen LogP contribution in [0.15, 0.2) is 71.9 Å². The van der Waals surface area contributed by atoms with Crippen LogP contribution in [0.3, 0.4) is 0 Å². The third-order valence-corrected chi connectivity index (χ3v) is 8.46. The topological polar surface area (TPSA) is 89.1 Å². The van der Waals surface area contributed by atoms with Crippen molar-refractivity contribution in [1.29, 1.82) is 0 Å². The van der Waals surface area contributed by atoms with Gasteiger partial charge in [0, 0.05) is 17.9 Å². The summed E-state index contributed by atoms with van der Waals surface area (Å²) in [5.41, 5.74) is 3.90. The number of hydrogen-bond acceptors (Lipinski definition) is 6. The molecule has 0 heterocycles. The summed E-state index contributed by atoms with van der Waals surface area (Å²) >= 11 is 12.4. The molecule has 0 spiro atoms. The summed E-state index contributed by atoms with van der Waals surface area (Å²) in [6.45, 7) is 1.76. The highest BCUT2D eigenvalue weighted by Crippen LogP contribution is 2.37. The number of aliphatic hydroxyl groups is 1. The number of halogens is 8. The number of rotatable bonds is 15. The lowest BCUT2D eigenvalue weighted by Gasteiger charge is -2.36. The largest absolute Gasteiger partial charge is 0.416 e. The standard InChI is InChI=1S/C32H35Cl2F6N3O3/c1-3-30(29(41)44,22-7-5-4-6-8-22)19-42-12-11-25(21-9-10-26(33)27(34)15-21)28(43-45-2)18-46-17-20-13-23(31(35,36)37)16-24(14-20)32(38,39)40/h4-10,13-16,25,29,42,44H,3,11-12,17-19,41H2,1-2H3/b43-28+. The van der Waals surface area contributed by atoms with Crippen molar-refractivity contribution in [2.75, 3.05) is 26.8 Å². The van der Waals surface area contributed by atoms with Crippen LogP contribution in [0, 0.1) is 0 Å². The van der Waals surface area contributed by atoms with Crippen LogP contribution in [0.2, 0.25) is 10.0 Å². The summed E-state index contributed by atoms with van der Waals surface area (Å²) in [4.78, 5) is 5.04. The average Bonchev–Trinajstić information content (AvgIpc) is 3.00. The predicted octanol–water partition coefficient (Wildman–Crippen LogP) is 7.94. The molecule has 3 aromatic rings. The third kappa shape index (κ3) is 9.82. The Kier molecular flexibility index (Phi) is 13.3. The Morgan fingerprint density at radius 1 is 0.913 bits per heavy atom. The lowest BCUT2D eigenvalue weighted by molar-refractivity contribution is -0.143. The van der Waals surface area contributed by atoms with Crippen molar-refractivity contribution in [3.8, 4) is 0 Å². The van der Waals surface area contributed by atoms with Crippen molar-refractivity contribution >= 4 is 28.9 Å². The zero-order chi connectivity index (χ0) is 34.1. The maximum atomic E-state index is 13.3. The Balaban J connectivity index is 1.83. The minimum Gasteiger partial charge on any atom is -0.399 e. The Labute approximate surface area is 273 Å². The molecule has 0 aliphatic carbocycles. The van der Waals surface area contributed by atoms with E-state index in [1.54, 1.807) is 18.2 Å². The molecule has 0 amide bonds. The summed E-state index contributed by atoms with van der Waals surface area (Å²) in [5.74, 6) is -0.523. The molecule has 4 N–H and O–H groups in total. The van der Waals surface area contributed by atoms with Crippen LogP contribution in [0.25, 0.3) is 0 Å². The normalized spacial score (nSPS) is 15.3. The van der Waals surface area contributed by atoms with Gasteiger partial charge in [-0.15, -0.1) is 0 Å². The molecule has 0 aliphatic heterocycles. The van der Waals surface area contributed by atoms with Gasteiger partial charge in [-0.25, -0.2) is 0 Å². The molecule has 0 bridgehead atoms. The van der Waals surface area contributed by atoms with Crippen LogP contribution in [0.5, 0.6) is 0 Å². The van der Waals surface area contributed by atoms with Crippen molar-refractivity contribution < 1.29 is 41.0 Å². The summed E-state index contributed by atoms with van der Waals surface area (Å²) in [6.07, 6.45) is -10.2. The van der Waals surface area contributed by atoms with E-state index < -0.39 is 47.6 Å². The molecule has 252 valence electrons. The zero-order valence-electron chi connectivity index (χ0n) is 25.1. The molecule has 3 unspecified atom stereocenters. The highest BCUT2D eigenvalue weighted by atomic mass is 35.5. The van der Waals surface area contributed by atoms with Crippen LogP contribution in [0.1, 0.15) is 53.5 Å². The molecule has 3 aromatic carbocycles. The van der Waals surface area contributed by atoms with Gasteiger partial charge in [0.2, 0.25) is 0 Å². The van der Waals surface area contributed by atoms with Gasteiger partial charge in [-0.05, 0) is 66.4 Å². The number of hydrogen-bond donors (Lipinski definition) is 3. The SMILES string of the molecule is CCC(CNCCC(/C(COCc1cc(C(F)(F)F)cc(C(F)(F)F)c1)=N/OC)c1ccc(Cl)c(Cl)c1)(c1ccccc1)C(N)O. The van der Waals surface area contributed by atoms with Crippen molar-refractivity contribution in [3.05, 3.63) is 105 Å². The molecule has 6 nitrogen and oxygen atoms in total. The van der Waals surface area contributed by atoms with Gasteiger partial charge in [-0.3, -0.25) is 0 Å². The number of nitrogens with zero attached hydrogens (tertiary/aromatic N) is 1. The molecule has 14 heteroatoms. The second-order valence-electron chi connectivity index (χ2n) is 10.7. The number of nitrogens with two attached hydrogens (primary N) is 1. The van der Waals surface area contributed by atoms with Crippen LogP contribution < -0.4 is 11.1 Å². The summed E-state index contributed by atoms with van der Waals surface area (Å²) in [5, 5.41) is 18.6. The van der Waals surface area contributed by atoms with E-state index in [0.717, 1.165) is 5.56 Å². The quantitative estimate of drug-likeness (QED) is 0.0495. The van der Waals surface area contributed by atoms with E-state index in [0.29, 0.717) is 54.4 Å². The van der Waals surface area contributed by atoms with Crippen molar-refractivity contribution in [1.82, 2.24) is 5.32 Å². The molecule has 0 aromatic heterocycles. The van der Waals surface area contributed by atoms with Gasteiger partial charge < -0.3 is 25.7 Å². The second kappa shape index (κ2) is 16.3. The molecule has 0 fully saturated rings. The average molecular weight is 695 g/mol. The van der Waals surface area contributed by atoms with Crippen LogP contribution in [0.4, 0.5) is 26.3 Å². The van der Waals surface area contributed by atoms with Gasteiger partial charge >= 0.3 is 12.4 Å². The van der Waals surface area contributed by atoms with Crippen molar-refractivity contribution in [2.24, 2.45) is 10.9 Å². The summed E-state index contributed by atoms with van der Waals surface area (Å²) in [7, 11) is 1.30. The molecule has 0 saturated heterocycles. The van der Waals surface area contributed by atoms with Gasteiger partial charge in [0.25, 0.3) is 0 Å². The third-order valence-electron chi connectivity index (χ3n) is 7.72. The Bertz CT molecular complexity index is 1420. The first kappa shape index (κ1) is 37.6. The van der Waals surface area contributed by atoms with Gasteiger partial charge in [0.05, 0.1) is 40.1 Å². The van der Waals surface area contributed by atoms with E-state index >= 15 is 0 Å². The molecule has 3 rings (SSSR count). The number of aliphatic hydroxyl groups excluding tert-OH is 1. The van der Waals surface area contributed by atoms with E-state index in [-0.39, 0.29) is 23.3 Å². The van der Waals surface area contributed by atoms with Gasteiger partial charge in [0.1, 0.15) is 13.3 Å². The molecule has 0 saturated carbocycles. The zero-order valence-corrected chi connectivity index (χ0v) is 26.6. The Morgan fingerprint density at radius 3 is 2.07 bits per heavy atom. The maximum Gasteiger partial charge on any atom is 0.416 e. The minimum atomic E-state index is -4.99. The minimum absolute atomic E-state index is 0.0588. The fourth-order valence-electron chi connectivity index (χ4n) is 5.18. The van der Waals surface area contributed by atoms with E-state index in [9.17, 15) is 31.4 Å². The van der Waals surface area contributed by atoms with E-state index in [1.807, 2.05) is 37.3 Å². The number of ether oxygens (including phenoxy) is 1. The molecular weight excluding hydrogens is 659 g/mol. The van der Waals surface area contributed by atoms with Gasteiger partial charge in [0.15, 0.2) is 0 Å². The Hall–Kier alpha value is -2.87. The Morgan fingerprint density at radius 2 is 1.54 bits per heavy atom.